The molecule has 0 rings (SSSR count). The first-order chi connectivity index (χ1) is 5.97. The Hall–Kier alpha value is -1.59. The molecule has 0 aromatic rings. The van der Waals surface area contributed by atoms with Gasteiger partial charge in [0.25, 0.3) is 0 Å². The highest BCUT2D eigenvalue weighted by Gasteiger charge is 2.25. The minimum absolute atomic E-state index is 0.591. The van der Waals surface area contributed by atoms with Gasteiger partial charge in [0, 0.05) is 6.92 Å². The van der Waals surface area contributed by atoms with E-state index in [-0.39, 0.29) is 0 Å². The van der Waals surface area contributed by atoms with Crippen LogP contribution in [0, 0.1) is 0 Å². The molecule has 0 aliphatic heterocycles. The second-order valence-electron chi connectivity index (χ2n) is 2.22. The van der Waals surface area contributed by atoms with Crippen LogP contribution < -0.4 is 0 Å². The Labute approximate surface area is 74.4 Å². The Bertz CT molecular complexity index is 205. The predicted molar refractivity (Wildman–Crippen MR) is 39.8 cm³/mol. The summed E-state index contributed by atoms with van der Waals surface area (Å²) in [6.45, 7) is 1.08. The van der Waals surface area contributed by atoms with Gasteiger partial charge in [-0.2, -0.15) is 0 Å². The number of hydrogen-bond acceptors (Lipinski definition) is 5. The second kappa shape index (κ2) is 5.13. The van der Waals surface area contributed by atoms with Crippen molar-refractivity contribution in [3.8, 4) is 0 Å². The number of methoxy groups -OCH3 is 1. The Kier molecular flexibility index (Phi) is 4.50. The van der Waals surface area contributed by atoms with Crippen LogP contribution in [-0.4, -0.2) is 36.2 Å². The van der Waals surface area contributed by atoms with Crippen molar-refractivity contribution >= 4 is 17.9 Å². The molecular formula is C7H10O6. The summed E-state index contributed by atoms with van der Waals surface area (Å²) in [7, 11) is 1.08. The van der Waals surface area contributed by atoms with Crippen LogP contribution in [0.2, 0.25) is 0 Å². The van der Waals surface area contributed by atoms with E-state index in [0.717, 1.165) is 14.0 Å². The van der Waals surface area contributed by atoms with Crippen molar-refractivity contribution in [1.82, 2.24) is 0 Å². The molecule has 0 aliphatic carbocycles. The number of aliphatic carboxylic acids is 1. The monoisotopic (exact) mass is 190 g/mol. The highest BCUT2D eigenvalue weighted by molar-refractivity contribution is 5.83. The first-order valence-corrected chi connectivity index (χ1v) is 3.44. The van der Waals surface area contributed by atoms with E-state index in [9.17, 15) is 14.4 Å². The highest BCUT2D eigenvalue weighted by atomic mass is 16.6. The summed E-state index contributed by atoms with van der Waals surface area (Å²) in [5.74, 6) is -2.84. The lowest BCUT2D eigenvalue weighted by molar-refractivity contribution is -0.167. The van der Waals surface area contributed by atoms with Crippen LogP contribution >= 0.6 is 0 Å². The van der Waals surface area contributed by atoms with Gasteiger partial charge in [0.15, 0.2) is 0 Å². The molecule has 0 amide bonds. The molecule has 0 aromatic carbocycles. The van der Waals surface area contributed by atoms with Gasteiger partial charge in [0.05, 0.1) is 13.5 Å². The van der Waals surface area contributed by atoms with E-state index >= 15 is 0 Å². The molecule has 74 valence electrons. The third kappa shape index (κ3) is 4.78. The fourth-order valence-corrected chi connectivity index (χ4v) is 0.663. The van der Waals surface area contributed by atoms with E-state index in [2.05, 4.69) is 9.47 Å². The summed E-state index contributed by atoms with van der Waals surface area (Å²) < 4.78 is 8.65. The normalized spacial score (nSPS) is 11.5. The van der Waals surface area contributed by atoms with Gasteiger partial charge in [-0.3, -0.25) is 9.59 Å². The molecule has 0 heterocycles. The maximum Gasteiger partial charge on any atom is 0.347 e. The summed E-state index contributed by atoms with van der Waals surface area (Å²) in [6.07, 6.45) is -1.95. The molecule has 1 N–H and O–H groups in total. The first-order valence-electron chi connectivity index (χ1n) is 3.44. The molecule has 0 aromatic heterocycles. The van der Waals surface area contributed by atoms with Crippen molar-refractivity contribution in [2.75, 3.05) is 7.11 Å². The van der Waals surface area contributed by atoms with Crippen LogP contribution in [0.1, 0.15) is 13.3 Å². The van der Waals surface area contributed by atoms with Gasteiger partial charge in [0.1, 0.15) is 0 Å². The van der Waals surface area contributed by atoms with Crippen molar-refractivity contribution in [3.63, 3.8) is 0 Å². The Balaban J connectivity index is 4.26. The maximum absolute atomic E-state index is 10.8. The third-order valence-electron chi connectivity index (χ3n) is 1.13. The summed E-state index contributed by atoms with van der Waals surface area (Å²) in [5, 5.41) is 8.34. The summed E-state index contributed by atoms with van der Waals surface area (Å²) in [4.78, 5) is 31.5. The molecule has 0 saturated heterocycles. The minimum atomic E-state index is -1.36. The molecule has 0 fully saturated rings. The van der Waals surface area contributed by atoms with Crippen LogP contribution in [0.3, 0.4) is 0 Å². The molecule has 0 saturated carbocycles. The van der Waals surface area contributed by atoms with Crippen molar-refractivity contribution < 1.29 is 29.0 Å². The van der Waals surface area contributed by atoms with Crippen LogP contribution in [0.4, 0.5) is 0 Å². The van der Waals surface area contributed by atoms with E-state index in [1.165, 1.54) is 0 Å². The molecule has 6 nitrogen and oxygen atoms in total. The Morgan fingerprint density at radius 1 is 1.38 bits per heavy atom. The number of esters is 2. The number of carboxylic acids is 1. The highest BCUT2D eigenvalue weighted by Crippen LogP contribution is 2.01. The standard InChI is InChI=1S/C7H10O6/c1-4(8)13-5(3-6(9)10)7(11)12-2/h5H,3H2,1-2H3,(H,9,10)/t5-/m1/s1. The number of rotatable bonds is 4. The average Bonchev–Trinajstić information content (AvgIpc) is 2.00. The summed E-state index contributed by atoms with van der Waals surface area (Å²) >= 11 is 0. The Morgan fingerprint density at radius 3 is 2.23 bits per heavy atom. The van der Waals surface area contributed by atoms with Crippen molar-refractivity contribution in [2.45, 2.75) is 19.4 Å². The molecule has 0 unspecified atom stereocenters. The molecule has 13 heavy (non-hydrogen) atoms. The van der Waals surface area contributed by atoms with Gasteiger partial charge in [-0.25, -0.2) is 4.79 Å². The lowest BCUT2D eigenvalue weighted by atomic mass is 10.2. The zero-order chi connectivity index (χ0) is 10.4. The average molecular weight is 190 g/mol. The number of carbonyl (C=O) groups is 3. The maximum atomic E-state index is 10.8. The summed E-state index contributed by atoms with van der Waals surface area (Å²) in [6, 6.07) is 0. The van der Waals surface area contributed by atoms with E-state index in [4.69, 9.17) is 5.11 Å². The quantitative estimate of drug-likeness (QED) is 0.604. The van der Waals surface area contributed by atoms with Crippen molar-refractivity contribution in [3.05, 3.63) is 0 Å². The van der Waals surface area contributed by atoms with Crippen molar-refractivity contribution in [1.29, 1.82) is 0 Å². The SMILES string of the molecule is COC(=O)[C@@H](CC(=O)O)OC(C)=O. The minimum Gasteiger partial charge on any atom is -0.481 e. The van der Waals surface area contributed by atoms with Gasteiger partial charge in [0.2, 0.25) is 6.10 Å². The molecule has 0 spiro atoms. The van der Waals surface area contributed by atoms with E-state index in [0.29, 0.717) is 0 Å². The number of carboxylic acid groups (broad SMARTS) is 1. The van der Waals surface area contributed by atoms with Crippen LogP contribution in [0.25, 0.3) is 0 Å². The zero-order valence-corrected chi connectivity index (χ0v) is 7.27. The van der Waals surface area contributed by atoms with Gasteiger partial charge < -0.3 is 14.6 Å². The molecule has 0 bridgehead atoms. The van der Waals surface area contributed by atoms with Crippen LogP contribution in [-0.2, 0) is 23.9 Å². The van der Waals surface area contributed by atoms with Crippen LogP contribution in [0.15, 0.2) is 0 Å². The lowest BCUT2D eigenvalue weighted by Gasteiger charge is -2.11. The van der Waals surface area contributed by atoms with Gasteiger partial charge in [-0.1, -0.05) is 0 Å². The fraction of sp³-hybridized carbons (Fsp3) is 0.571. The summed E-state index contributed by atoms with van der Waals surface area (Å²) in [5.41, 5.74) is 0. The van der Waals surface area contributed by atoms with E-state index in [1.807, 2.05) is 0 Å². The van der Waals surface area contributed by atoms with Gasteiger partial charge in [-0.15, -0.1) is 0 Å². The number of hydrogen-bond donors (Lipinski definition) is 1. The topological polar surface area (TPSA) is 89.9 Å². The van der Waals surface area contributed by atoms with Gasteiger partial charge in [-0.05, 0) is 0 Å². The first kappa shape index (κ1) is 11.4. The molecule has 6 heteroatoms. The predicted octanol–water partition coefficient (Wildman–Crippen LogP) is -0.434. The van der Waals surface area contributed by atoms with E-state index in [1.54, 1.807) is 0 Å². The van der Waals surface area contributed by atoms with Crippen molar-refractivity contribution in [2.24, 2.45) is 0 Å². The zero-order valence-electron chi connectivity index (χ0n) is 7.27. The molecule has 0 radical (unpaired) electrons. The smallest absolute Gasteiger partial charge is 0.347 e. The number of ether oxygens (including phenoxy) is 2. The molecule has 1 atom stereocenters. The second-order valence-corrected chi connectivity index (χ2v) is 2.22. The van der Waals surface area contributed by atoms with Gasteiger partial charge >= 0.3 is 17.9 Å². The molecular weight excluding hydrogens is 180 g/mol. The fourth-order valence-electron chi connectivity index (χ4n) is 0.663. The number of carbonyl (C=O) groups excluding carboxylic acids is 2. The third-order valence-corrected chi connectivity index (χ3v) is 1.13. The Morgan fingerprint density at radius 2 is 1.92 bits per heavy atom. The largest absolute Gasteiger partial charge is 0.481 e. The van der Waals surface area contributed by atoms with Crippen LogP contribution in [0.5, 0.6) is 0 Å². The van der Waals surface area contributed by atoms with E-state index < -0.39 is 30.4 Å². The molecule has 0 aliphatic rings. The lowest BCUT2D eigenvalue weighted by Crippen LogP contribution is -2.30.